The highest BCUT2D eigenvalue weighted by Crippen LogP contribution is 2.33. The molecule has 0 aromatic heterocycles. The molecule has 1 fully saturated rings. The lowest BCUT2D eigenvalue weighted by Crippen LogP contribution is -2.55. The molecule has 2 aliphatic rings. The first kappa shape index (κ1) is 22.6. The Kier molecular flexibility index (Phi) is 6.47. The van der Waals surface area contributed by atoms with Crippen LogP contribution in [-0.2, 0) is 14.3 Å². The Bertz CT molecular complexity index is 1050. The summed E-state index contributed by atoms with van der Waals surface area (Å²) in [4.78, 5) is 39.8. The molecule has 2 aromatic carbocycles. The molecular formula is C23H25N3O7. The topological polar surface area (TPSA) is 118 Å². The van der Waals surface area contributed by atoms with Gasteiger partial charge in [-0.15, -0.1) is 0 Å². The number of carbonyl (C=O) groups excluding carboxylic acids is 3. The van der Waals surface area contributed by atoms with Crippen molar-refractivity contribution in [2.24, 2.45) is 0 Å². The SMILES string of the molecule is CN(C)C(=O)CN1C(=O)COC(c2ccc(NC(=O)c3ccc4c(c3)OCO4)cc2)C1CO. The number of carbonyl (C=O) groups is 3. The smallest absolute Gasteiger partial charge is 0.255 e. The number of likely N-dealkylation sites (N-methyl/N-ethyl adjacent to an activating group) is 1. The molecule has 10 nitrogen and oxygen atoms in total. The number of aliphatic hydroxyl groups is 1. The molecule has 0 spiro atoms. The predicted octanol–water partition coefficient (Wildman–Crippen LogP) is 1.02. The molecule has 3 amide bonds. The van der Waals surface area contributed by atoms with Crippen LogP contribution in [0.15, 0.2) is 42.5 Å². The number of amides is 3. The van der Waals surface area contributed by atoms with Crippen LogP contribution in [0.2, 0.25) is 0 Å². The maximum atomic E-state index is 12.6. The van der Waals surface area contributed by atoms with Crippen molar-refractivity contribution < 1.29 is 33.7 Å². The maximum Gasteiger partial charge on any atom is 0.255 e. The molecule has 2 atom stereocenters. The van der Waals surface area contributed by atoms with Gasteiger partial charge in [0.15, 0.2) is 11.5 Å². The second-order valence-electron chi connectivity index (χ2n) is 7.94. The molecule has 2 N–H and O–H groups in total. The standard InChI is InChI=1S/C23H25N3O7/c1-25(2)20(28)10-26-17(11-27)22(31-12-21(26)29)14-3-6-16(7-4-14)24-23(30)15-5-8-18-19(9-15)33-13-32-18/h3-9,17,22,27H,10-13H2,1-2H3,(H,24,30). The third-order valence-corrected chi connectivity index (χ3v) is 5.58. The first-order valence-electron chi connectivity index (χ1n) is 10.4. The monoisotopic (exact) mass is 455 g/mol. The molecule has 0 bridgehead atoms. The van der Waals surface area contributed by atoms with Crippen LogP contribution >= 0.6 is 0 Å². The van der Waals surface area contributed by atoms with E-state index >= 15 is 0 Å². The number of hydrogen-bond acceptors (Lipinski definition) is 7. The minimum atomic E-state index is -0.704. The highest BCUT2D eigenvalue weighted by atomic mass is 16.7. The number of hydrogen-bond donors (Lipinski definition) is 2. The Balaban J connectivity index is 1.46. The summed E-state index contributed by atoms with van der Waals surface area (Å²) in [7, 11) is 3.21. The molecule has 1 saturated heterocycles. The Labute approximate surface area is 190 Å². The fraction of sp³-hybridized carbons (Fsp3) is 0.348. The van der Waals surface area contributed by atoms with Gasteiger partial charge < -0.3 is 34.4 Å². The third kappa shape index (κ3) is 4.76. The van der Waals surface area contributed by atoms with Gasteiger partial charge in [0.2, 0.25) is 18.6 Å². The highest BCUT2D eigenvalue weighted by molar-refractivity contribution is 6.04. The zero-order chi connectivity index (χ0) is 23.5. The number of nitrogens with zero attached hydrogens (tertiary/aromatic N) is 2. The van der Waals surface area contributed by atoms with Gasteiger partial charge >= 0.3 is 0 Å². The number of nitrogens with one attached hydrogen (secondary N) is 1. The zero-order valence-corrected chi connectivity index (χ0v) is 18.3. The average molecular weight is 455 g/mol. The number of morpholine rings is 1. The van der Waals surface area contributed by atoms with Gasteiger partial charge in [-0.25, -0.2) is 0 Å². The molecule has 2 aromatic rings. The van der Waals surface area contributed by atoms with Gasteiger partial charge in [-0.1, -0.05) is 12.1 Å². The Hall–Kier alpha value is -3.63. The van der Waals surface area contributed by atoms with E-state index in [-0.39, 0.29) is 44.3 Å². The minimum Gasteiger partial charge on any atom is -0.454 e. The van der Waals surface area contributed by atoms with Gasteiger partial charge in [0.1, 0.15) is 19.3 Å². The normalized spacial score (nSPS) is 19.4. The average Bonchev–Trinajstić information content (AvgIpc) is 3.28. The molecule has 2 unspecified atom stereocenters. The van der Waals surface area contributed by atoms with Gasteiger partial charge in [0.25, 0.3) is 5.91 Å². The van der Waals surface area contributed by atoms with Crippen LogP contribution in [0.3, 0.4) is 0 Å². The number of fused-ring (bicyclic) bond motifs is 1. The second-order valence-corrected chi connectivity index (χ2v) is 7.94. The molecule has 0 saturated carbocycles. The summed E-state index contributed by atoms with van der Waals surface area (Å²) >= 11 is 0. The van der Waals surface area contributed by atoms with E-state index in [9.17, 15) is 19.5 Å². The fourth-order valence-corrected chi connectivity index (χ4v) is 3.71. The first-order chi connectivity index (χ1) is 15.9. The van der Waals surface area contributed by atoms with Crippen molar-refractivity contribution in [1.29, 1.82) is 0 Å². The Morgan fingerprint density at radius 3 is 2.55 bits per heavy atom. The van der Waals surface area contributed by atoms with Gasteiger partial charge in [-0.3, -0.25) is 14.4 Å². The van der Waals surface area contributed by atoms with Crippen molar-refractivity contribution in [3.8, 4) is 11.5 Å². The van der Waals surface area contributed by atoms with Gasteiger partial charge in [-0.2, -0.15) is 0 Å². The van der Waals surface area contributed by atoms with Crippen molar-refractivity contribution >= 4 is 23.4 Å². The van der Waals surface area contributed by atoms with E-state index in [1.807, 2.05) is 0 Å². The third-order valence-electron chi connectivity index (χ3n) is 5.58. The molecule has 0 radical (unpaired) electrons. The number of benzene rings is 2. The van der Waals surface area contributed by atoms with Crippen LogP contribution in [0.4, 0.5) is 5.69 Å². The number of ether oxygens (including phenoxy) is 3. The zero-order valence-electron chi connectivity index (χ0n) is 18.3. The summed E-state index contributed by atoms with van der Waals surface area (Å²) in [5.41, 5.74) is 1.71. The summed E-state index contributed by atoms with van der Waals surface area (Å²) in [5, 5.41) is 12.8. The Morgan fingerprint density at radius 1 is 1.12 bits per heavy atom. The highest BCUT2D eigenvalue weighted by Gasteiger charge is 2.38. The fourth-order valence-electron chi connectivity index (χ4n) is 3.71. The van der Waals surface area contributed by atoms with E-state index < -0.39 is 12.1 Å². The van der Waals surface area contributed by atoms with Crippen LogP contribution in [0.5, 0.6) is 11.5 Å². The quantitative estimate of drug-likeness (QED) is 0.668. The molecule has 33 heavy (non-hydrogen) atoms. The van der Waals surface area contributed by atoms with Gasteiger partial charge in [-0.05, 0) is 35.9 Å². The molecule has 174 valence electrons. The molecular weight excluding hydrogens is 430 g/mol. The van der Waals surface area contributed by atoms with Crippen LogP contribution in [0.25, 0.3) is 0 Å². The van der Waals surface area contributed by atoms with Crippen LogP contribution in [-0.4, -0.2) is 79.3 Å². The molecule has 10 heteroatoms. The van der Waals surface area contributed by atoms with Crippen LogP contribution in [0.1, 0.15) is 22.0 Å². The molecule has 2 aliphatic heterocycles. The summed E-state index contributed by atoms with van der Waals surface area (Å²) in [5.74, 6) is 0.218. The van der Waals surface area contributed by atoms with Gasteiger partial charge in [0.05, 0.1) is 12.6 Å². The van der Waals surface area contributed by atoms with Crippen molar-refractivity contribution in [3.05, 3.63) is 53.6 Å². The maximum absolute atomic E-state index is 12.6. The predicted molar refractivity (Wildman–Crippen MR) is 117 cm³/mol. The van der Waals surface area contributed by atoms with E-state index in [1.165, 1.54) is 9.80 Å². The first-order valence-corrected chi connectivity index (χ1v) is 10.4. The number of anilines is 1. The Morgan fingerprint density at radius 2 is 1.85 bits per heavy atom. The van der Waals surface area contributed by atoms with E-state index in [1.54, 1.807) is 56.6 Å². The van der Waals surface area contributed by atoms with Crippen molar-refractivity contribution in [1.82, 2.24) is 9.80 Å². The number of aliphatic hydroxyl groups excluding tert-OH is 1. The van der Waals surface area contributed by atoms with Gasteiger partial charge in [0, 0.05) is 25.3 Å². The second kappa shape index (κ2) is 9.47. The molecule has 4 rings (SSSR count). The van der Waals surface area contributed by atoms with E-state index in [0.717, 1.165) is 0 Å². The van der Waals surface area contributed by atoms with Crippen molar-refractivity contribution in [3.63, 3.8) is 0 Å². The van der Waals surface area contributed by atoms with Crippen molar-refractivity contribution in [2.45, 2.75) is 12.1 Å². The lowest BCUT2D eigenvalue weighted by atomic mass is 9.99. The summed E-state index contributed by atoms with van der Waals surface area (Å²) < 4.78 is 16.3. The number of rotatable bonds is 6. The molecule has 0 aliphatic carbocycles. The lowest BCUT2D eigenvalue weighted by Gasteiger charge is -2.40. The van der Waals surface area contributed by atoms with Crippen molar-refractivity contribution in [2.75, 3.05) is 46.0 Å². The van der Waals surface area contributed by atoms with Crippen LogP contribution < -0.4 is 14.8 Å². The van der Waals surface area contributed by atoms with E-state index in [2.05, 4.69) is 5.32 Å². The minimum absolute atomic E-state index is 0.131. The lowest BCUT2D eigenvalue weighted by molar-refractivity contribution is -0.164. The molecule has 2 heterocycles. The summed E-state index contributed by atoms with van der Waals surface area (Å²) in [6, 6.07) is 11.2. The van der Waals surface area contributed by atoms with E-state index in [0.29, 0.717) is 28.3 Å². The summed E-state index contributed by atoms with van der Waals surface area (Å²) in [6.45, 7) is -0.558. The van der Waals surface area contributed by atoms with E-state index in [4.69, 9.17) is 14.2 Å². The largest absolute Gasteiger partial charge is 0.454 e. The van der Waals surface area contributed by atoms with Crippen LogP contribution in [0, 0.1) is 0 Å². The summed E-state index contributed by atoms with van der Waals surface area (Å²) in [6.07, 6.45) is -0.610.